The maximum Gasteiger partial charge on any atom is 0.326 e. The van der Waals surface area contributed by atoms with Crippen molar-refractivity contribution in [2.24, 2.45) is 0 Å². The number of nitrogens with zero attached hydrogens (tertiary/aromatic N) is 2. The van der Waals surface area contributed by atoms with E-state index in [0.717, 1.165) is 6.26 Å². The lowest BCUT2D eigenvalue weighted by atomic mass is 10.2. The summed E-state index contributed by atoms with van der Waals surface area (Å²) in [5.74, 6) is -1.04. The molecule has 1 aromatic rings. The van der Waals surface area contributed by atoms with Gasteiger partial charge in [0.2, 0.25) is 0 Å². The van der Waals surface area contributed by atoms with Crippen LogP contribution in [0.4, 0.5) is 4.79 Å². The first kappa shape index (κ1) is 17.0. The number of nitrogens with one attached hydrogen (secondary N) is 2. The minimum Gasteiger partial charge on any atom is -0.480 e. The number of aromatic amines is 1. The molecule has 2 amide bonds. The normalized spacial score (nSPS) is 12.7. The summed E-state index contributed by atoms with van der Waals surface area (Å²) in [4.78, 5) is 30.9. The molecule has 0 aliphatic rings. The zero-order valence-electron chi connectivity index (χ0n) is 11.7. The van der Waals surface area contributed by atoms with E-state index < -0.39 is 27.9 Å². The predicted octanol–water partition coefficient (Wildman–Crippen LogP) is -0.561. The molecule has 0 bridgehead atoms. The Labute approximate surface area is 122 Å². The van der Waals surface area contributed by atoms with Gasteiger partial charge in [-0.1, -0.05) is 0 Å². The maximum absolute atomic E-state index is 11.9. The number of H-pyrrole nitrogens is 1. The number of urea groups is 1. The number of carbonyl (C=O) groups excluding carboxylic acids is 1. The van der Waals surface area contributed by atoms with E-state index in [1.165, 1.54) is 18.1 Å². The molecular formula is C11H18N4O5S. The molecule has 21 heavy (non-hydrogen) atoms. The van der Waals surface area contributed by atoms with Gasteiger partial charge in [0.05, 0.1) is 12.3 Å². The summed E-state index contributed by atoms with van der Waals surface area (Å²) in [5.41, 5.74) is 0. The van der Waals surface area contributed by atoms with Crippen molar-refractivity contribution in [3.63, 3.8) is 0 Å². The van der Waals surface area contributed by atoms with Crippen LogP contribution >= 0.6 is 0 Å². The predicted molar refractivity (Wildman–Crippen MR) is 74.3 cm³/mol. The standard InChI is InChI=1S/C11H18N4O5S/c1-15(7-9-12-4-5-13-9)11(18)14-8(10(16)17)3-6-21(2,19)20/h4-5,8H,3,6-7H2,1-2H3,(H,12,13)(H,14,18)(H,16,17). The third kappa shape index (κ3) is 6.25. The van der Waals surface area contributed by atoms with Gasteiger partial charge in [0.25, 0.3) is 0 Å². The zero-order chi connectivity index (χ0) is 16.0. The Bertz CT molecular complexity index is 584. The van der Waals surface area contributed by atoms with E-state index in [1.54, 1.807) is 6.20 Å². The lowest BCUT2D eigenvalue weighted by molar-refractivity contribution is -0.139. The Morgan fingerprint density at radius 1 is 1.52 bits per heavy atom. The summed E-state index contributed by atoms with van der Waals surface area (Å²) in [7, 11) is -1.81. The second kappa shape index (κ2) is 7.07. The first-order valence-corrected chi connectivity index (χ1v) is 8.15. The van der Waals surface area contributed by atoms with E-state index in [9.17, 15) is 18.0 Å². The molecule has 0 aliphatic heterocycles. The van der Waals surface area contributed by atoms with Crippen LogP contribution in [-0.4, -0.2) is 65.5 Å². The summed E-state index contributed by atoms with van der Waals surface area (Å²) < 4.78 is 22.1. The van der Waals surface area contributed by atoms with Gasteiger partial charge in [-0.05, 0) is 6.42 Å². The van der Waals surface area contributed by atoms with E-state index in [1.807, 2.05) is 0 Å². The monoisotopic (exact) mass is 318 g/mol. The highest BCUT2D eigenvalue weighted by molar-refractivity contribution is 7.90. The zero-order valence-corrected chi connectivity index (χ0v) is 12.6. The van der Waals surface area contributed by atoms with Gasteiger partial charge in [-0.3, -0.25) is 0 Å². The van der Waals surface area contributed by atoms with E-state index in [4.69, 9.17) is 5.11 Å². The summed E-state index contributed by atoms with van der Waals surface area (Å²) >= 11 is 0. The Morgan fingerprint density at radius 3 is 2.67 bits per heavy atom. The number of carboxylic acid groups (broad SMARTS) is 1. The van der Waals surface area contributed by atoms with Crippen molar-refractivity contribution >= 4 is 21.8 Å². The summed E-state index contributed by atoms with van der Waals surface area (Å²) in [6.07, 6.45) is 3.96. The number of rotatable bonds is 7. The van der Waals surface area contributed by atoms with Gasteiger partial charge in [0, 0.05) is 25.7 Å². The van der Waals surface area contributed by atoms with Gasteiger partial charge in [-0.25, -0.2) is 23.0 Å². The van der Waals surface area contributed by atoms with Crippen LogP contribution in [0.15, 0.2) is 12.4 Å². The molecule has 1 aromatic heterocycles. The van der Waals surface area contributed by atoms with Gasteiger partial charge >= 0.3 is 12.0 Å². The van der Waals surface area contributed by atoms with Crippen LogP contribution in [-0.2, 0) is 21.2 Å². The number of sulfone groups is 1. The lowest BCUT2D eigenvalue weighted by Gasteiger charge is -2.20. The van der Waals surface area contributed by atoms with Crippen LogP contribution in [0, 0.1) is 0 Å². The molecule has 0 aromatic carbocycles. The van der Waals surface area contributed by atoms with Gasteiger partial charge in [-0.15, -0.1) is 0 Å². The molecule has 1 rings (SSSR count). The van der Waals surface area contributed by atoms with Crippen molar-refractivity contribution in [2.45, 2.75) is 19.0 Å². The van der Waals surface area contributed by atoms with Crippen molar-refractivity contribution in [1.29, 1.82) is 0 Å². The Balaban J connectivity index is 2.57. The van der Waals surface area contributed by atoms with E-state index in [-0.39, 0.29) is 18.7 Å². The largest absolute Gasteiger partial charge is 0.480 e. The summed E-state index contributed by atoms with van der Waals surface area (Å²) in [5, 5.41) is 11.3. The van der Waals surface area contributed by atoms with E-state index in [2.05, 4.69) is 15.3 Å². The fraction of sp³-hybridized carbons (Fsp3) is 0.545. The third-order valence-electron chi connectivity index (χ3n) is 2.66. The highest BCUT2D eigenvalue weighted by atomic mass is 32.2. The SMILES string of the molecule is CN(Cc1ncc[nH]1)C(=O)NC(CCS(C)(=O)=O)C(=O)O. The summed E-state index contributed by atoms with van der Waals surface area (Å²) in [6.45, 7) is 0.178. The van der Waals surface area contributed by atoms with Crippen molar-refractivity contribution in [3.05, 3.63) is 18.2 Å². The first-order chi connectivity index (χ1) is 9.69. The number of hydrogen-bond acceptors (Lipinski definition) is 5. The lowest BCUT2D eigenvalue weighted by Crippen LogP contribution is -2.47. The van der Waals surface area contributed by atoms with Crippen LogP contribution in [0.3, 0.4) is 0 Å². The third-order valence-corrected chi connectivity index (χ3v) is 3.64. The number of hydrogen-bond donors (Lipinski definition) is 3. The number of aromatic nitrogens is 2. The van der Waals surface area contributed by atoms with Crippen molar-refractivity contribution in [3.8, 4) is 0 Å². The van der Waals surface area contributed by atoms with Gasteiger partial charge in [-0.2, -0.15) is 0 Å². The smallest absolute Gasteiger partial charge is 0.326 e. The molecule has 0 spiro atoms. The van der Waals surface area contributed by atoms with Crippen LogP contribution in [0.2, 0.25) is 0 Å². The highest BCUT2D eigenvalue weighted by Gasteiger charge is 2.23. The summed E-state index contributed by atoms with van der Waals surface area (Å²) in [6, 6.07) is -1.88. The Kier molecular flexibility index (Phi) is 5.70. The molecule has 3 N–H and O–H groups in total. The quantitative estimate of drug-likeness (QED) is 0.617. The molecule has 1 heterocycles. The Hall–Kier alpha value is -2.10. The minimum absolute atomic E-state index is 0.178. The topological polar surface area (TPSA) is 132 Å². The van der Waals surface area contributed by atoms with Crippen LogP contribution in [0.1, 0.15) is 12.2 Å². The van der Waals surface area contributed by atoms with Gasteiger partial charge in [0.1, 0.15) is 21.7 Å². The number of imidazole rings is 1. The second-order valence-corrected chi connectivity index (χ2v) is 6.91. The molecule has 1 atom stereocenters. The van der Waals surface area contributed by atoms with Crippen molar-refractivity contribution < 1.29 is 23.1 Å². The highest BCUT2D eigenvalue weighted by Crippen LogP contribution is 2.01. The number of aliphatic carboxylic acids is 1. The molecule has 0 aliphatic carbocycles. The van der Waals surface area contributed by atoms with E-state index >= 15 is 0 Å². The fourth-order valence-corrected chi connectivity index (χ4v) is 2.19. The molecule has 9 nitrogen and oxygen atoms in total. The van der Waals surface area contributed by atoms with Gasteiger partial charge in [0.15, 0.2) is 0 Å². The number of carboxylic acids is 1. The first-order valence-electron chi connectivity index (χ1n) is 6.09. The van der Waals surface area contributed by atoms with Crippen molar-refractivity contribution in [1.82, 2.24) is 20.2 Å². The van der Waals surface area contributed by atoms with Crippen LogP contribution in [0.25, 0.3) is 0 Å². The molecule has 0 radical (unpaired) electrons. The Morgan fingerprint density at radius 2 is 2.19 bits per heavy atom. The molecule has 0 saturated heterocycles. The molecule has 0 fully saturated rings. The van der Waals surface area contributed by atoms with Crippen molar-refractivity contribution in [2.75, 3.05) is 19.1 Å². The average Bonchev–Trinajstić information content (AvgIpc) is 2.85. The number of amides is 2. The number of carbonyl (C=O) groups is 2. The van der Waals surface area contributed by atoms with Crippen LogP contribution in [0.5, 0.6) is 0 Å². The molecular weight excluding hydrogens is 300 g/mol. The van der Waals surface area contributed by atoms with E-state index in [0.29, 0.717) is 5.82 Å². The molecule has 0 saturated carbocycles. The minimum atomic E-state index is -3.29. The second-order valence-electron chi connectivity index (χ2n) is 4.65. The fourth-order valence-electron chi connectivity index (χ4n) is 1.53. The molecule has 118 valence electrons. The maximum atomic E-state index is 11.9. The van der Waals surface area contributed by atoms with Gasteiger partial charge < -0.3 is 20.3 Å². The van der Waals surface area contributed by atoms with Crippen LogP contribution < -0.4 is 5.32 Å². The molecule has 1 unspecified atom stereocenters. The molecule has 10 heteroatoms. The average molecular weight is 318 g/mol.